The quantitative estimate of drug-likeness (QED) is 0.704. The van der Waals surface area contributed by atoms with Crippen LogP contribution in [0.2, 0.25) is 0 Å². The summed E-state index contributed by atoms with van der Waals surface area (Å²) < 4.78 is 16.1. The summed E-state index contributed by atoms with van der Waals surface area (Å²) >= 11 is 0. The molecule has 6 nitrogen and oxygen atoms in total. The maximum Gasteiger partial charge on any atom is 0.231 e. The van der Waals surface area contributed by atoms with Gasteiger partial charge in [-0.05, 0) is 25.1 Å². The Balaban J connectivity index is 1.79. The summed E-state index contributed by atoms with van der Waals surface area (Å²) in [7, 11) is 0. The molecule has 0 amide bonds. The minimum absolute atomic E-state index is 0.0930. The minimum Gasteiger partial charge on any atom is -0.491 e. The Morgan fingerprint density at radius 1 is 1.29 bits per heavy atom. The van der Waals surface area contributed by atoms with E-state index in [2.05, 4.69) is 6.92 Å². The van der Waals surface area contributed by atoms with Gasteiger partial charge >= 0.3 is 0 Å². The molecule has 0 saturated carbocycles. The molecule has 1 aliphatic rings. The molecule has 1 unspecified atom stereocenters. The molecule has 1 aromatic rings. The van der Waals surface area contributed by atoms with E-state index in [4.69, 9.17) is 19.3 Å². The number of ether oxygens (including phenoxy) is 3. The summed E-state index contributed by atoms with van der Waals surface area (Å²) in [5.74, 6) is 2.01. The predicted octanol–water partition coefficient (Wildman–Crippen LogP) is 0.859. The van der Waals surface area contributed by atoms with Gasteiger partial charge in [-0.3, -0.25) is 4.90 Å². The molecule has 118 valence electrons. The fourth-order valence-corrected chi connectivity index (χ4v) is 2.26. The molecule has 0 fully saturated rings. The Hall–Kier alpha value is -1.50. The van der Waals surface area contributed by atoms with Gasteiger partial charge in [-0.1, -0.05) is 6.92 Å². The van der Waals surface area contributed by atoms with Crippen molar-refractivity contribution in [1.82, 2.24) is 4.90 Å². The summed E-state index contributed by atoms with van der Waals surface area (Å²) in [5, 5.41) is 19.0. The van der Waals surface area contributed by atoms with E-state index in [9.17, 15) is 5.11 Å². The van der Waals surface area contributed by atoms with Crippen LogP contribution in [0.5, 0.6) is 17.2 Å². The number of nitrogens with zero attached hydrogens (tertiary/aromatic N) is 1. The van der Waals surface area contributed by atoms with Gasteiger partial charge in [-0.15, -0.1) is 0 Å². The Labute approximate surface area is 124 Å². The van der Waals surface area contributed by atoms with E-state index in [1.807, 2.05) is 4.90 Å². The Morgan fingerprint density at radius 3 is 2.86 bits per heavy atom. The highest BCUT2D eigenvalue weighted by Gasteiger charge is 2.15. The summed E-state index contributed by atoms with van der Waals surface area (Å²) in [4.78, 5) is 2.02. The first-order valence-corrected chi connectivity index (χ1v) is 7.26. The van der Waals surface area contributed by atoms with Crippen LogP contribution in [-0.4, -0.2) is 60.9 Å². The van der Waals surface area contributed by atoms with E-state index in [1.54, 1.807) is 18.2 Å². The number of hydrogen-bond donors (Lipinski definition) is 2. The van der Waals surface area contributed by atoms with E-state index >= 15 is 0 Å². The van der Waals surface area contributed by atoms with Gasteiger partial charge in [-0.25, -0.2) is 0 Å². The molecular weight excluding hydrogens is 274 g/mol. The second kappa shape index (κ2) is 8.07. The van der Waals surface area contributed by atoms with Gasteiger partial charge in [0, 0.05) is 19.2 Å². The summed E-state index contributed by atoms with van der Waals surface area (Å²) in [6, 6.07) is 5.34. The molecular formula is C15H23NO5. The SMILES string of the molecule is CCCN(CCO)CC(O)COc1ccc2c(c1)OCO2. The molecule has 1 heterocycles. The van der Waals surface area contributed by atoms with E-state index in [-0.39, 0.29) is 20.0 Å². The number of aliphatic hydroxyl groups is 2. The lowest BCUT2D eigenvalue weighted by Crippen LogP contribution is -2.37. The molecule has 0 aromatic heterocycles. The highest BCUT2D eigenvalue weighted by atomic mass is 16.7. The zero-order valence-corrected chi connectivity index (χ0v) is 12.3. The van der Waals surface area contributed by atoms with E-state index in [0.717, 1.165) is 13.0 Å². The number of benzene rings is 1. The molecule has 2 N–H and O–H groups in total. The van der Waals surface area contributed by atoms with Gasteiger partial charge < -0.3 is 24.4 Å². The fourth-order valence-electron chi connectivity index (χ4n) is 2.26. The van der Waals surface area contributed by atoms with Crippen LogP contribution in [0.4, 0.5) is 0 Å². The lowest BCUT2D eigenvalue weighted by Gasteiger charge is -2.23. The molecule has 0 radical (unpaired) electrons. The standard InChI is InChI=1S/C15H23NO5/c1-2-5-16(6-7-17)9-12(18)10-19-13-3-4-14-15(8-13)21-11-20-14/h3-4,8,12,17-18H,2,5-7,9-11H2,1H3. The van der Waals surface area contributed by atoms with Crippen molar-refractivity contribution in [3.8, 4) is 17.2 Å². The smallest absolute Gasteiger partial charge is 0.231 e. The first-order chi connectivity index (χ1) is 10.2. The highest BCUT2D eigenvalue weighted by molar-refractivity contribution is 5.46. The van der Waals surface area contributed by atoms with Crippen LogP contribution in [0.25, 0.3) is 0 Å². The van der Waals surface area contributed by atoms with Gasteiger partial charge in [0.15, 0.2) is 11.5 Å². The van der Waals surface area contributed by atoms with Crippen molar-refractivity contribution in [2.45, 2.75) is 19.4 Å². The molecule has 0 spiro atoms. The zero-order valence-electron chi connectivity index (χ0n) is 12.3. The van der Waals surface area contributed by atoms with Gasteiger partial charge in [0.25, 0.3) is 0 Å². The van der Waals surface area contributed by atoms with Gasteiger partial charge in [0.2, 0.25) is 6.79 Å². The fraction of sp³-hybridized carbons (Fsp3) is 0.600. The lowest BCUT2D eigenvalue weighted by atomic mass is 10.3. The first kappa shape index (κ1) is 15.9. The molecule has 2 rings (SSSR count). The molecule has 21 heavy (non-hydrogen) atoms. The summed E-state index contributed by atoms with van der Waals surface area (Å²) in [5.41, 5.74) is 0. The molecule has 0 saturated heterocycles. The van der Waals surface area contributed by atoms with E-state index < -0.39 is 6.10 Å². The second-order valence-electron chi connectivity index (χ2n) is 5.00. The van der Waals surface area contributed by atoms with Crippen LogP contribution in [0, 0.1) is 0 Å². The average molecular weight is 297 g/mol. The van der Waals surface area contributed by atoms with Crippen molar-refractivity contribution in [1.29, 1.82) is 0 Å². The van der Waals surface area contributed by atoms with Crippen molar-refractivity contribution < 1.29 is 24.4 Å². The van der Waals surface area contributed by atoms with E-state index in [0.29, 0.717) is 30.3 Å². The van der Waals surface area contributed by atoms with Crippen molar-refractivity contribution in [3.05, 3.63) is 18.2 Å². The number of fused-ring (bicyclic) bond motifs is 1. The Kier molecular flexibility index (Phi) is 6.10. The molecule has 0 bridgehead atoms. The predicted molar refractivity (Wildman–Crippen MR) is 77.9 cm³/mol. The molecule has 6 heteroatoms. The maximum absolute atomic E-state index is 10.0. The van der Waals surface area contributed by atoms with Gasteiger partial charge in [-0.2, -0.15) is 0 Å². The average Bonchev–Trinajstić information content (AvgIpc) is 2.93. The van der Waals surface area contributed by atoms with Crippen LogP contribution in [0.15, 0.2) is 18.2 Å². The molecule has 1 aliphatic heterocycles. The Bertz CT molecular complexity index is 434. The van der Waals surface area contributed by atoms with Crippen LogP contribution in [0.3, 0.4) is 0 Å². The van der Waals surface area contributed by atoms with E-state index in [1.165, 1.54) is 0 Å². The van der Waals surface area contributed by atoms with Crippen LogP contribution in [0.1, 0.15) is 13.3 Å². The molecule has 1 aromatic carbocycles. The van der Waals surface area contributed by atoms with Gasteiger partial charge in [0.1, 0.15) is 18.5 Å². The zero-order chi connectivity index (χ0) is 15.1. The van der Waals surface area contributed by atoms with Crippen LogP contribution < -0.4 is 14.2 Å². The maximum atomic E-state index is 10.0. The van der Waals surface area contributed by atoms with Gasteiger partial charge in [0.05, 0.1) is 6.61 Å². The van der Waals surface area contributed by atoms with Crippen LogP contribution in [-0.2, 0) is 0 Å². The summed E-state index contributed by atoms with van der Waals surface area (Å²) in [6.45, 7) is 4.49. The highest BCUT2D eigenvalue weighted by Crippen LogP contribution is 2.35. The topological polar surface area (TPSA) is 71.4 Å². The lowest BCUT2D eigenvalue weighted by molar-refractivity contribution is 0.0618. The minimum atomic E-state index is -0.603. The molecule has 1 atom stereocenters. The number of aliphatic hydroxyl groups excluding tert-OH is 2. The van der Waals surface area contributed by atoms with Crippen molar-refractivity contribution >= 4 is 0 Å². The van der Waals surface area contributed by atoms with Crippen molar-refractivity contribution in [2.75, 3.05) is 39.6 Å². The second-order valence-corrected chi connectivity index (χ2v) is 5.00. The monoisotopic (exact) mass is 297 g/mol. The third-order valence-electron chi connectivity index (χ3n) is 3.21. The van der Waals surface area contributed by atoms with Crippen LogP contribution >= 0.6 is 0 Å². The third kappa shape index (κ3) is 4.77. The Morgan fingerprint density at radius 2 is 2.10 bits per heavy atom. The van der Waals surface area contributed by atoms with Crippen molar-refractivity contribution in [2.24, 2.45) is 0 Å². The number of hydrogen-bond acceptors (Lipinski definition) is 6. The first-order valence-electron chi connectivity index (χ1n) is 7.26. The number of rotatable bonds is 9. The van der Waals surface area contributed by atoms with Crippen molar-refractivity contribution in [3.63, 3.8) is 0 Å². The molecule has 0 aliphatic carbocycles. The summed E-state index contributed by atoms with van der Waals surface area (Å²) in [6.07, 6.45) is 0.379. The normalized spacial score (nSPS) is 14.5. The third-order valence-corrected chi connectivity index (χ3v) is 3.21. The largest absolute Gasteiger partial charge is 0.491 e.